The van der Waals surface area contributed by atoms with Crippen molar-refractivity contribution >= 4 is 0 Å². The smallest absolute Gasteiger partial charge is 0.119 e. The molecule has 1 heterocycles. The number of ether oxygens (including phenoxy) is 1. The summed E-state index contributed by atoms with van der Waals surface area (Å²) in [4.78, 5) is 0. The van der Waals surface area contributed by atoms with Crippen molar-refractivity contribution in [2.75, 3.05) is 19.7 Å². The van der Waals surface area contributed by atoms with E-state index in [1.165, 1.54) is 12.0 Å². The first-order valence-corrected chi connectivity index (χ1v) is 7.78. The minimum absolute atomic E-state index is 0.252. The highest BCUT2D eigenvalue weighted by atomic mass is 16.5. The van der Waals surface area contributed by atoms with E-state index in [2.05, 4.69) is 31.3 Å². The molecule has 1 saturated heterocycles. The Kier molecular flexibility index (Phi) is 5.86. The summed E-state index contributed by atoms with van der Waals surface area (Å²) in [6, 6.07) is 8.26. The van der Waals surface area contributed by atoms with Crippen LogP contribution in [0.25, 0.3) is 0 Å². The summed E-state index contributed by atoms with van der Waals surface area (Å²) in [5, 5.41) is 13.5. The molecule has 0 radical (unpaired) electrons. The first kappa shape index (κ1) is 15.3. The predicted molar refractivity (Wildman–Crippen MR) is 82.2 cm³/mol. The lowest BCUT2D eigenvalue weighted by atomic mass is 9.92. The van der Waals surface area contributed by atoms with E-state index in [1.54, 1.807) is 0 Å². The zero-order chi connectivity index (χ0) is 14.4. The topological polar surface area (TPSA) is 41.5 Å². The second-order valence-electron chi connectivity index (χ2n) is 6.03. The average molecular weight is 277 g/mol. The fraction of sp³-hybridized carbons (Fsp3) is 0.647. The maximum atomic E-state index is 10.1. The Balaban J connectivity index is 1.72. The Bertz CT molecular complexity index is 382. The molecule has 0 saturated carbocycles. The van der Waals surface area contributed by atoms with Gasteiger partial charge in [0, 0.05) is 13.0 Å². The van der Waals surface area contributed by atoms with Crippen LogP contribution in [0.3, 0.4) is 0 Å². The maximum Gasteiger partial charge on any atom is 0.119 e. The number of nitrogens with one attached hydrogen (secondary N) is 1. The fourth-order valence-electron chi connectivity index (χ4n) is 2.69. The van der Waals surface area contributed by atoms with E-state index < -0.39 is 0 Å². The molecular formula is C17H27NO2. The van der Waals surface area contributed by atoms with Crippen molar-refractivity contribution in [1.82, 2.24) is 5.32 Å². The third-order valence-corrected chi connectivity index (χ3v) is 4.11. The molecule has 2 rings (SSSR count). The van der Waals surface area contributed by atoms with Crippen LogP contribution in [-0.2, 0) is 0 Å². The second kappa shape index (κ2) is 7.65. The van der Waals surface area contributed by atoms with Gasteiger partial charge in [-0.15, -0.1) is 0 Å². The normalized spacial score (nSPS) is 20.9. The number of aliphatic hydroxyl groups is 1. The molecule has 0 amide bonds. The third-order valence-electron chi connectivity index (χ3n) is 4.11. The van der Waals surface area contributed by atoms with Crippen LogP contribution >= 0.6 is 0 Å². The van der Waals surface area contributed by atoms with Crippen molar-refractivity contribution in [3.63, 3.8) is 0 Å². The Morgan fingerprint density at radius 2 is 2.05 bits per heavy atom. The van der Waals surface area contributed by atoms with E-state index in [4.69, 9.17) is 4.74 Å². The monoisotopic (exact) mass is 277 g/mol. The third kappa shape index (κ3) is 4.50. The Labute approximate surface area is 122 Å². The van der Waals surface area contributed by atoms with Gasteiger partial charge in [-0.3, -0.25) is 0 Å². The van der Waals surface area contributed by atoms with Crippen LogP contribution in [0.1, 0.15) is 44.6 Å². The van der Waals surface area contributed by atoms with Gasteiger partial charge in [0.25, 0.3) is 0 Å². The predicted octanol–water partition coefficient (Wildman–Crippen LogP) is 2.94. The van der Waals surface area contributed by atoms with Crippen molar-refractivity contribution in [2.24, 2.45) is 5.92 Å². The Morgan fingerprint density at radius 3 is 2.65 bits per heavy atom. The van der Waals surface area contributed by atoms with Crippen LogP contribution in [-0.4, -0.2) is 30.9 Å². The molecule has 1 aromatic rings. The standard InChI is InChI=1S/C17H27NO2/c1-13(2)14-5-7-16(8-6-14)20-11-9-17(19)15-4-3-10-18-12-15/h5-8,13,15,17-19H,3-4,9-12H2,1-2H3. The molecule has 112 valence electrons. The quantitative estimate of drug-likeness (QED) is 0.840. The molecular weight excluding hydrogens is 250 g/mol. The fourth-order valence-corrected chi connectivity index (χ4v) is 2.69. The number of hydrogen-bond acceptors (Lipinski definition) is 3. The van der Waals surface area contributed by atoms with Crippen molar-refractivity contribution in [3.8, 4) is 5.75 Å². The summed E-state index contributed by atoms with van der Waals surface area (Å²) in [7, 11) is 0. The van der Waals surface area contributed by atoms with E-state index in [0.717, 1.165) is 25.3 Å². The highest BCUT2D eigenvalue weighted by Gasteiger charge is 2.21. The van der Waals surface area contributed by atoms with Crippen LogP contribution in [0.2, 0.25) is 0 Å². The minimum atomic E-state index is -0.252. The van der Waals surface area contributed by atoms with E-state index in [-0.39, 0.29) is 6.10 Å². The molecule has 3 heteroatoms. The summed E-state index contributed by atoms with van der Waals surface area (Å²) in [5.74, 6) is 1.82. The largest absolute Gasteiger partial charge is 0.493 e. The van der Waals surface area contributed by atoms with Crippen molar-refractivity contribution in [1.29, 1.82) is 0 Å². The molecule has 2 N–H and O–H groups in total. The van der Waals surface area contributed by atoms with Gasteiger partial charge in [0.2, 0.25) is 0 Å². The lowest BCUT2D eigenvalue weighted by Gasteiger charge is -2.27. The SMILES string of the molecule is CC(C)c1ccc(OCCC(O)C2CCCNC2)cc1. The summed E-state index contributed by atoms with van der Waals surface area (Å²) in [6.07, 6.45) is 2.74. The first-order chi connectivity index (χ1) is 9.66. The summed E-state index contributed by atoms with van der Waals surface area (Å²) < 4.78 is 5.72. The lowest BCUT2D eigenvalue weighted by Crippen LogP contribution is -2.37. The molecule has 2 unspecified atom stereocenters. The molecule has 1 aliphatic rings. The van der Waals surface area contributed by atoms with Crippen molar-refractivity contribution in [2.45, 2.75) is 45.1 Å². The number of benzene rings is 1. The molecule has 1 aromatic carbocycles. The second-order valence-corrected chi connectivity index (χ2v) is 6.03. The van der Waals surface area contributed by atoms with Crippen LogP contribution in [0, 0.1) is 5.92 Å². The Hall–Kier alpha value is -1.06. The van der Waals surface area contributed by atoms with Gasteiger partial charge in [-0.25, -0.2) is 0 Å². The number of aliphatic hydroxyl groups excluding tert-OH is 1. The molecule has 3 nitrogen and oxygen atoms in total. The van der Waals surface area contributed by atoms with E-state index >= 15 is 0 Å². The zero-order valence-corrected chi connectivity index (χ0v) is 12.6. The van der Waals surface area contributed by atoms with Crippen molar-refractivity contribution < 1.29 is 9.84 Å². The zero-order valence-electron chi connectivity index (χ0n) is 12.6. The van der Waals surface area contributed by atoms with Crippen molar-refractivity contribution in [3.05, 3.63) is 29.8 Å². The molecule has 0 aliphatic carbocycles. The first-order valence-electron chi connectivity index (χ1n) is 7.78. The van der Waals surface area contributed by atoms with Gasteiger partial charge >= 0.3 is 0 Å². The lowest BCUT2D eigenvalue weighted by molar-refractivity contribution is 0.0702. The summed E-state index contributed by atoms with van der Waals surface area (Å²) in [5.41, 5.74) is 1.32. The molecule has 2 atom stereocenters. The van der Waals surface area contributed by atoms with Crippen LogP contribution < -0.4 is 10.1 Å². The molecule has 20 heavy (non-hydrogen) atoms. The van der Waals surface area contributed by atoms with E-state index in [1.807, 2.05) is 12.1 Å². The highest BCUT2D eigenvalue weighted by Crippen LogP contribution is 2.20. The summed E-state index contributed by atoms with van der Waals surface area (Å²) >= 11 is 0. The minimum Gasteiger partial charge on any atom is -0.493 e. The van der Waals surface area contributed by atoms with Gasteiger partial charge in [0.15, 0.2) is 0 Å². The maximum absolute atomic E-state index is 10.1. The van der Waals surface area contributed by atoms with Gasteiger partial charge in [0.05, 0.1) is 12.7 Å². The van der Waals surface area contributed by atoms with Gasteiger partial charge in [-0.1, -0.05) is 26.0 Å². The van der Waals surface area contributed by atoms with Crippen LogP contribution in [0.5, 0.6) is 5.75 Å². The number of rotatable bonds is 6. The van der Waals surface area contributed by atoms with Gasteiger partial charge in [0.1, 0.15) is 5.75 Å². The molecule has 0 spiro atoms. The molecule has 0 bridgehead atoms. The number of hydrogen-bond donors (Lipinski definition) is 2. The molecule has 0 aromatic heterocycles. The van der Waals surface area contributed by atoms with E-state index in [0.29, 0.717) is 24.9 Å². The number of piperidine rings is 1. The summed E-state index contributed by atoms with van der Waals surface area (Å²) in [6.45, 7) is 6.97. The highest BCUT2D eigenvalue weighted by molar-refractivity contribution is 5.28. The molecule has 1 aliphatic heterocycles. The van der Waals surface area contributed by atoms with Gasteiger partial charge in [-0.2, -0.15) is 0 Å². The van der Waals surface area contributed by atoms with Crippen LogP contribution in [0.15, 0.2) is 24.3 Å². The Morgan fingerprint density at radius 1 is 1.30 bits per heavy atom. The van der Waals surface area contributed by atoms with Crippen LogP contribution in [0.4, 0.5) is 0 Å². The van der Waals surface area contributed by atoms with Gasteiger partial charge in [-0.05, 0) is 48.9 Å². The molecule has 1 fully saturated rings. The average Bonchev–Trinajstić information content (AvgIpc) is 2.48. The van der Waals surface area contributed by atoms with Gasteiger partial charge < -0.3 is 15.2 Å². The van der Waals surface area contributed by atoms with E-state index in [9.17, 15) is 5.11 Å².